The van der Waals surface area contributed by atoms with E-state index in [1.165, 1.54) is 31.3 Å². The van der Waals surface area contributed by atoms with Gasteiger partial charge in [-0.3, -0.25) is 23.7 Å². The molecule has 0 aliphatic rings. The second kappa shape index (κ2) is 13.9. The van der Waals surface area contributed by atoms with Crippen LogP contribution in [0, 0.1) is 38.3 Å². The molecule has 0 fully saturated rings. The first-order chi connectivity index (χ1) is 20.1. The van der Waals surface area contributed by atoms with E-state index in [1.807, 2.05) is 32.8 Å². The Labute approximate surface area is 249 Å². The first-order valence-electron chi connectivity index (χ1n) is 14.2. The number of carbonyl (C=O) groups excluding carboxylic acids is 1. The fourth-order valence-corrected chi connectivity index (χ4v) is 5.31. The highest BCUT2D eigenvalue weighted by Gasteiger charge is 2.30. The van der Waals surface area contributed by atoms with Crippen LogP contribution in [0.2, 0.25) is 0 Å². The molecule has 232 valence electrons. The molecule has 0 aliphatic heterocycles. The monoisotopic (exact) mass is 598 g/mol. The Morgan fingerprint density at radius 3 is 2.21 bits per heavy atom. The molecular weight excluding hydrogens is 558 g/mol. The Bertz CT molecular complexity index is 1600. The molecule has 3 rings (SSSR count). The Morgan fingerprint density at radius 1 is 1.02 bits per heavy atom. The molecule has 0 unspecified atom stereocenters. The number of benzene rings is 2. The van der Waals surface area contributed by atoms with Gasteiger partial charge in [-0.25, -0.2) is 8.78 Å². The molecule has 11 heteroatoms. The highest BCUT2D eigenvalue weighted by molar-refractivity contribution is 5.82. The number of hydrogen-bond donors (Lipinski definition) is 3. The highest BCUT2D eigenvalue weighted by atomic mass is 19.1. The van der Waals surface area contributed by atoms with Crippen molar-refractivity contribution in [3.05, 3.63) is 90.8 Å². The summed E-state index contributed by atoms with van der Waals surface area (Å²) >= 11 is 0. The van der Waals surface area contributed by atoms with Crippen LogP contribution in [0.4, 0.5) is 8.78 Å². The van der Waals surface area contributed by atoms with E-state index in [4.69, 9.17) is 0 Å². The largest absolute Gasteiger partial charge is 0.481 e. The molecular formula is C32H40F2N4O5. The van der Waals surface area contributed by atoms with Gasteiger partial charge in [-0.2, -0.15) is 0 Å². The number of aromatic amines is 1. The van der Waals surface area contributed by atoms with Crippen molar-refractivity contribution in [1.82, 2.24) is 19.8 Å². The minimum absolute atomic E-state index is 0.0536. The number of rotatable bonds is 12. The van der Waals surface area contributed by atoms with Gasteiger partial charge in [0.2, 0.25) is 5.91 Å². The van der Waals surface area contributed by atoms with E-state index in [0.717, 1.165) is 4.57 Å². The van der Waals surface area contributed by atoms with Gasteiger partial charge in [-0.1, -0.05) is 13.8 Å². The molecule has 9 nitrogen and oxygen atoms in total. The second-order valence-corrected chi connectivity index (χ2v) is 11.8. The molecule has 1 heterocycles. The van der Waals surface area contributed by atoms with Crippen LogP contribution in [0.1, 0.15) is 66.7 Å². The standard InChI is InChI=1S/C32H40F2N4O5/c1-17(2)10-26(38-16-23(8-9-37(6)7)35-31(42)32(38)43)30(41)36-25(15-27(39)40)24-14-21(11-20(5)29(24)34)28-18(3)12-22(33)13-19(28)4/h11-14,16-17,25-26H,8-10,15H2,1-7H3,(H,35,42)(H,36,41)(H,39,40)/t25-,26-/m0/s1. The summed E-state index contributed by atoms with van der Waals surface area (Å²) in [4.78, 5) is 55.7. The van der Waals surface area contributed by atoms with Crippen LogP contribution in [0.3, 0.4) is 0 Å². The maximum absolute atomic E-state index is 15.7. The average Bonchev–Trinajstić information content (AvgIpc) is 2.88. The lowest BCUT2D eigenvalue weighted by molar-refractivity contribution is -0.138. The molecule has 0 aliphatic carbocycles. The molecule has 0 radical (unpaired) electrons. The van der Waals surface area contributed by atoms with Gasteiger partial charge in [0.15, 0.2) is 0 Å². The van der Waals surface area contributed by atoms with Crippen molar-refractivity contribution in [2.24, 2.45) is 5.92 Å². The maximum atomic E-state index is 15.7. The van der Waals surface area contributed by atoms with E-state index < -0.39 is 53.1 Å². The Kier molecular flexibility index (Phi) is 10.8. The minimum atomic E-state index is -1.30. The first kappa shape index (κ1) is 33.4. The molecule has 0 saturated heterocycles. The number of aliphatic carboxylic acids is 1. The number of nitrogens with one attached hydrogen (secondary N) is 2. The zero-order chi connectivity index (χ0) is 32.2. The first-order valence-corrected chi connectivity index (χ1v) is 14.2. The summed E-state index contributed by atoms with van der Waals surface area (Å²) in [5.74, 6) is -3.18. The number of likely N-dealkylation sites (N-methyl/N-ethyl adjacent to an activating group) is 1. The number of H-pyrrole nitrogens is 1. The topological polar surface area (TPSA) is 124 Å². The third kappa shape index (κ3) is 8.25. The van der Waals surface area contributed by atoms with Crippen LogP contribution in [0.5, 0.6) is 0 Å². The molecule has 2 aromatic carbocycles. The molecule has 3 aromatic rings. The maximum Gasteiger partial charge on any atom is 0.316 e. The van der Waals surface area contributed by atoms with E-state index in [1.54, 1.807) is 19.9 Å². The summed E-state index contributed by atoms with van der Waals surface area (Å²) in [5.41, 5.74) is 1.27. The van der Waals surface area contributed by atoms with Gasteiger partial charge < -0.3 is 20.3 Å². The third-order valence-corrected chi connectivity index (χ3v) is 7.30. The number of nitrogens with zero attached hydrogens (tertiary/aromatic N) is 2. The number of halogens is 2. The molecule has 1 aromatic heterocycles. The minimum Gasteiger partial charge on any atom is -0.481 e. The van der Waals surface area contributed by atoms with Crippen LogP contribution >= 0.6 is 0 Å². The number of hydrogen-bond acceptors (Lipinski definition) is 5. The van der Waals surface area contributed by atoms with E-state index in [0.29, 0.717) is 40.9 Å². The number of carboxylic acids is 1. The SMILES string of the molecule is Cc1cc(-c2c(C)cc(F)cc2C)cc([C@H](CC(=O)O)NC(=O)[C@H](CC(C)C)n2cc(CCN(C)C)[nH]c(=O)c2=O)c1F. The zero-order valence-electron chi connectivity index (χ0n) is 25.7. The smallest absolute Gasteiger partial charge is 0.316 e. The summed E-state index contributed by atoms with van der Waals surface area (Å²) in [7, 11) is 3.72. The summed E-state index contributed by atoms with van der Waals surface area (Å²) in [6, 6.07) is 3.33. The normalized spacial score (nSPS) is 12.9. The lowest BCUT2D eigenvalue weighted by Crippen LogP contribution is -2.45. The fourth-order valence-electron chi connectivity index (χ4n) is 5.31. The predicted octanol–water partition coefficient (Wildman–Crippen LogP) is 4.43. The number of aromatic nitrogens is 2. The van der Waals surface area contributed by atoms with Crippen molar-refractivity contribution in [3.8, 4) is 11.1 Å². The third-order valence-electron chi connectivity index (χ3n) is 7.30. The summed E-state index contributed by atoms with van der Waals surface area (Å²) in [6.07, 6.45) is 1.38. The van der Waals surface area contributed by atoms with Crippen molar-refractivity contribution in [2.45, 2.75) is 66.0 Å². The number of carbonyl (C=O) groups is 2. The number of carboxylic acid groups (broad SMARTS) is 1. The van der Waals surface area contributed by atoms with Crippen molar-refractivity contribution in [3.63, 3.8) is 0 Å². The molecule has 0 spiro atoms. The van der Waals surface area contributed by atoms with Gasteiger partial charge >= 0.3 is 17.1 Å². The highest BCUT2D eigenvalue weighted by Crippen LogP contribution is 2.34. The molecule has 43 heavy (non-hydrogen) atoms. The van der Waals surface area contributed by atoms with E-state index >= 15 is 4.39 Å². The van der Waals surface area contributed by atoms with Crippen LogP contribution < -0.4 is 16.4 Å². The molecule has 0 bridgehead atoms. The van der Waals surface area contributed by atoms with E-state index in [-0.39, 0.29) is 23.5 Å². The van der Waals surface area contributed by atoms with Crippen LogP contribution in [0.25, 0.3) is 11.1 Å². The summed E-state index contributed by atoms with van der Waals surface area (Å²) in [6.45, 7) is 9.26. The molecule has 3 N–H and O–H groups in total. The van der Waals surface area contributed by atoms with Crippen LogP contribution in [0.15, 0.2) is 40.1 Å². The van der Waals surface area contributed by atoms with Gasteiger partial charge in [0, 0.05) is 30.4 Å². The van der Waals surface area contributed by atoms with Crippen molar-refractivity contribution >= 4 is 11.9 Å². The quantitative estimate of drug-likeness (QED) is 0.265. The van der Waals surface area contributed by atoms with Gasteiger partial charge in [0.1, 0.15) is 17.7 Å². The number of amides is 1. The average molecular weight is 599 g/mol. The number of aryl methyl sites for hydroxylation is 3. The predicted molar refractivity (Wildman–Crippen MR) is 161 cm³/mol. The Morgan fingerprint density at radius 2 is 1.65 bits per heavy atom. The van der Waals surface area contributed by atoms with Gasteiger partial charge in [-0.05, 0) is 99.3 Å². The van der Waals surface area contributed by atoms with Gasteiger partial charge in [0.25, 0.3) is 0 Å². The molecule has 1 amide bonds. The fraction of sp³-hybridized carbons (Fsp3) is 0.438. The second-order valence-electron chi connectivity index (χ2n) is 11.8. The zero-order valence-corrected chi connectivity index (χ0v) is 25.7. The Balaban J connectivity index is 2.11. The van der Waals surface area contributed by atoms with Crippen LogP contribution in [-0.4, -0.2) is 52.1 Å². The van der Waals surface area contributed by atoms with E-state index in [2.05, 4.69) is 10.3 Å². The van der Waals surface area contributed by atoms with Gasteiger partial charge in [-0.15, -0.1) is 0 Å². The van der Waals surface area contributed by atoms with Crippen molar-refractivity contribution in [1.29, 1.82) is 0 Å². The molecule has 0 saturated carbocycles. The lowest BCUT2D eigenvalue weighted by Gasteiger charge is -2.26. The van der Waals surface area contributed by atoms with Gasteiger partial charge in [0.05, 0.1) is 12.5 Å². The van der Waals surface area contributed by atoms with Crippen molar-refractivity contribution in [2.75, 3.05) is 20.6 Å². The summed E-state index contributed by atoms with van der Waals surface area (Å²) < 4.78 is 30.7. The summed E-state index contributed by atoms with van der Waals surface area (Å²) in [5, 5.41) is 12.4. The lowest BCUT2D eigenvalue weighted by atomic mass is 9.90. The van der Waals surface area contributed by atoms with Crippen LogP contribution in [-0.2, 0) is 16.0 Å². The van der Waals surface area contributed by atoms with Crippen molar-refractivity contribution < 1.29 is 23.5 Å². The Hall–Kier alpha value is -4.12. The van der Waals surface area contributed by atoms with E-state index in [9.17, 15) is 28.7 Å². The molecule has 2 atom stereocenters.